The number of nitro groups is 1. The number of rotatable bonds is 7. The van der Waals surface area contributed by atoms with Crippen LogP contribution in [-0.4, -0.2) is 43.6 Å². The number of anilines is 1. The second-order valence-corrected chi connectivity index (χ2v) is 6.51. The first-order valence-corrected chi connectivity index (χ1v) is 8.63. The highest BCUT2D eigenvalue weighted by atomic mass is 35.5. The van der Waals surface area contributed by atoms with Gasteiger partial charge in [-0.15, -0.1) is 11.3 Å². The lowest BCUT2D eigenvalue weighted by Gasteiger charge is -2.08. The summed E-state index contributed by atoms with van der Waals surface area (Å²) in [4.78, 5) is 45.8. The molecule has 0 radical (unpaired) electrons. The summed E-state index contributed by atoms with van der Waals surface area (Å²) in [5.74, 6) is -2.11. The van der Waals surface area contributed by atoms with Crippen molar-refractivity contribution in [2.24, 2.45) is 0 Å². The van der Waals surface area contributed by atoms with Gasteiger partial charge in [0.2, 0.25) is 0 Å². The number of methoxy groups -OCH3 is 2. The average Bonchev–Trinajstić information content (AvgIpc) is 3.10. The predicted molar refractivity (Wildman–Crippen MR) is 99.2 cm³/mol. The van der Waals surface area contributed by atoms with Crippen LogP contribution in [0.3, 0.4) is 0 Å². The molecule has 1 aromatic carbocycles. The van der Waals surface area contributed by atoms with Gasteiger partial charge >= 0.3 is 11.9 Å². The topological polar surface area (TPSA) is 134 Å². The summed E-state index contributed by atoms with van der Waals surface area (Å²) in [5, 5.41) is 13.2. The van der Waals surface area contributed by atoms with Crippen molar-refractivity contribution < 1.29 is 33.5 Å². The Bertz CT molecular complexity index is 943. The first-order chi connectivity index (χ1) is 13.3. The molecule has 0 aliphatic heterocycles. The number of thiophene rings is 1. The number of ether oxygens (including phenoxy) is 3. The van der Waals surface area contributed by atoms with Crippen molar-refractivity contribution in [2.75, 3.05) is 26.1 Å². The fourth-order valence-electron chi connectivity index (χ4n) is 1.99. The number of esters is 2. The number of halogens is 1. The molecule has 0 aliphatic carbocycles. The zero-order chi connectivity index (χ0) is 20.8. The highest BCUT2D eigenvalue weighted by Crippen LogP contribution is 2.31. The number of hydrogen-bond donors (Lipinski definition) is 1. The first-order valence-electron chi connectivity index (χ1n) is 7.43. The van der Waals surface area contributed by atoms with Gasteiger partial charge in [0.25, 0.3) is 11.6 Å². The molecule has 2 rings (SSSR count). The molecule has 12 heteroatoms. The maximum Gasteiger partial charge on any atom is 0.351 e. The van der Waals surface area contributed by atoms with Crippen LogP contribution < -0.4 is 10.1 Å². The van der Waals surface area contributed by atoms with Gasteiger partial charge in [-0.25, -0.2) is 9.59 Å². The number of benzene rings is 1. The molecule has 0 spiro atoms. The van der Waals surface area contributed by atoms with Crippen LogP contribution in [0, 0.1) is 10.1 Å². The molecule has 10 nitrogen and oxygen atoms in total. The van der Waals surface area contributed by atoms with Crippen LogP contribution in [0.2, 0.25) is 5.02 Å². The molecule has 148 valence electrons. The van der Waals surface area contributed by atoms with E-state index < -0.39 is 29.4 Å². The van der Waals surface area contributed by atoms with Gasteiger partial charge in [0, 0.05) is 17.8 Å². The van der Waals surface area contributed by atoms with E-state index in [9.17, 15) is 24.5 Å². The lowest BCUT2D eigenvalue weighted by Crippen LogP contribution is -2.20. The van der Waals surface area contributed by atoms with Crippen molar-refractivity contribution in [1.82, 2.24) is 0 Å². The summed E-state index contributed by atoms with van der Waals surface area (Å²) in [7, 11) is 2.34. The molecule has 0 fully saturated rings. The van der Waals surface area contributed by atoms with E-state index in [2.05, 4.69) is 14.8 Å². The van der Waals surface area contributed by atoms with Crippen molar-refractivity contribution in [3.63, 3.8) is 0 Å². The number of nitrogens with zero attached hydrogens (tertiary/aromatic N) is 1. The summed E-state index contributed by atoms with van der Waals surface area (Å²) in [6.07, 6.45) is 0. The molecule has 0 saturated carbocycles. The fourth-order valence-corrected chi connectivity index (χ4v) is 3.11. The highest BCUT2D eigenvalue weighted by Gasteiger charge is 2.23. The lowest BCUT2D eigenvalue weighted by molar-refractivity contribution is -0.384. The second-order valence-electron chi connectivity index (χ2n) is 5.05. The molecule has 28 heavy (non-hydrogen) atoms. The quantitative estimate of drug-likeness (QED) is 0.404. The number of nitrogens with one attached hydrogen (secondary N) is 1. The van der Waals surface area contributed by atoms with Crippen LogP contribution in [-0.2, 0) is 14.3 Å². The third-order valence-electron chi connectivity index (χ3n) is 3.24. The van der Waals surface area contributed by atoms with E-state index in [0.717, 1.165) is 24.5 Å². The third-order valence-corrected chi connectivity index (χ3v) is 4.64. The Morgan fingerprint density at radius 1 is 1.18 bits per heavy atom. The summed E-state index contributed by atoms with van der Waals surface area (Å²) < 4.78 is 14.5. The molecule has 1 amide bonds. The fraction of sp³-hybridized carbons (Fsp3) is 0.188. The Hall–Kier alpha value is -3.18. The largest absolute Gasteiger partial charge is 0.482 e. The standard InChI is InChI=1S/C16H13ClN2O8S/c1-25-15(21)12-6-11(14(28-12)16(22)26-2)27-7-13(20)18-8-3-4-9(17)10(5-8)19(23)24/h3-6H,7H2,1-2H3,(H,18,20). The van der Waals surface area contributed by atoms with Crippen molar-refractivity contribution in [3.8, 4) is 5.75 Å². The van der Waals surface area contributed by atoms with Gasteiger partial charge in [-0.2, -0.15) is 0 Å². The molecule has 1 N–H and O–H groups in total. The number of carbonyl (C=O) groups is 3. The predicted octanol–water partition coefficient (Wildman–Crippen LogP) is 2.90. The van der Waals surface area contributed by atoms with Crippen molar-refractivity contribution >= 4 is 52.2 Å². The van der Waals surface area contributed by atoms with E-state index in [1.807, 2.05) is 0 Å². The van der Waals surface area contributed by atoms with Crippen LogP contribution in [0.1, 0.15) is 19.3 Å². The molecule has 0 bridgehead atoms. The Morgan fingerprint density at radius 3 is 2.46 bits per heavy atom. The van der Waals surface area contributed by atoms with E-state index in [1.165, 1.54) is 25.3 Å². The normalized spacial score (nSPS) is 10.1. The zero-order valence-electron chi connectivity index (χ0n) is 14.5. The van der Waals surface area contributed by atoms with E-state index in [0.29, 0.717) is 0 Å². The van der Waals surface area contributed by atoms with Crippen molar-refractivity contribution in [3.05, 3.63) is 49.2 Å². The Kier molecular flexibility index (Phi) is 6.90. The molecule has 0 atom stereocenters. The minimum atomic E-state index is -0.746. The van der Waals surface area contributed by atoms with Crippen LogP contribution in [0.15, 0.2) is 24.3 Å². The zero-order valence-corrected chi connectivity index (χ0v) is 16.1. The summed E-state index contributed by atoms with van der Waals surface area (Å²) >= 11 is 6.50. The highest BCUT2D eigenvalue weighted by molar-refractivity contribution is 7.16. The second kappa shape index (κ2) is 9.15. The maximum atomic E-state index is 12.1. The molecule has 0 saturated heterocycles. The molecule has 0 unspecified atom stereocenters. The van der Waals surface area contributed by atoms with Gasteiger partial charge in [0.15, 0.2) is 11.5 Å². The Labute approximate surface area is 167 Å². The maximum absolute atomic E-state index is 12.1. The van der Waals surface area contributed by atoms with Gasteiger partial charge < -0.3 is 19.5 Å². The van der Waals surface area contributed by atoms with Gasteiger partial charge in [0.05, 0.1) is 19.1 Å². The van der Waals surface area contributed by atoms with E-state index >= 15 is 0 Å². The molecular weight excluding hydrogens is 416 g/mol. The van der Waals surface area contributed by atoms with Gasteiger partial charge in [-0.3, -0.25) is 14.9 Å². The minimum absolute atomic E-state index is 0.0159. The van der Waals surface area contributed by atoms with E-state index in [-0.39, 0.29) is 31.9 Å². The van der Waals surface area contributed by atoms with Crippen LogP contribution >= 0.6 is 22.9 Å². The number of nitro benzene ring substituents is 1. The molecule has 0 aliphatic rings. The lowest BCUT2D eigenvalue weighted by atomic mass is 10.3. The summed E-state index contributed by atoms with van der Waals surface area (Å²) in [6.45, 7) is -0.530. The molecule has 1 heterocycles. The number of carbonyl (C=O) groups excluding carboxylic acids is 3. The van der Waals surface area contributed by atoms with Crippen LogP contribution in [0.25, 0.3) is 0 Å². The van der Waals surface area contributed by atoms with Crippen LogP contribution in [0.4, 0.5) is 11.4 Å². The van der Waals surface area contributed by atoms with E-state index in [1.54, 1.807) is 0 Å². The minimum Gasteiger partial charge on any atom is -0.482 e. The Morgan fingerprint density at radius 2 is 1.86 bits per heavy atom. The smallest absolute Gasteiger partial charge is 0.351 e. The SMILES string of the molecule is COC(=O)c1cc(OCC(=O)Nc2ccc(Cl)c([N+](=O)[O-])c2)c(C(=O)OC)s1. The first kappa shape index (κ1) is 21.1. The number of hydrogen-bond acceptors (Lipinski definition) is 9. The third kappa shape index (κ3) is 4.96. The van der Waals surface area contributed by atoms with Crippen molar-refractivity contribution in [1.29, 1.82) is 0 Å². The van der Waals surface area contributed by atoms with Gasteiger partial charge in [-0.05, 0) is 12.1 Å². The van der Waals surface area contributed by atoms with Crippen molar-refractivity contribution in [2.45, 2.75) is 0 Å². The van der Waals surface area contributed by atoms with Gasteiger partial charge in [-0.1, -0.05) is 11.6 Å². The van der Waals surface area contributed by atoms with Crippen LogP contribution in [0.5, 0.6) is 5.75 Å². The Balaban J connectivity index is 2.11. The van der Waals surface area contributed by atoms with E-state index in [4.69, 9.17) is 16.3 Å². The monoisotopic (exact) mass is 428 g/mol. The molecule has 2 aromatic rings. The summed E-state index contributed by atoms with van der Waals surface area (Å²) in [5.41, 5.74) is -0.229. The number of amides is 1. The average molecular weight is 429 g/mol. The molecular formula is C16H13ClN2O8S. The summed E-state index contributed by atoms with van der Waals surface area (Å²) in [6, 6.07) is 5.00. The van der Waals surface area contributed by atoms with Gasteiger partial charge in [0.1, 0.15) is 15.6 Å². The molecule has 1 aromatic heterocycles.